The molecule has 86 valence electrons. The highest BCUT2D eigenvalue weighted by atomic mass is 16.2. The van der Waals surface area contributed by atoms with E-state index in [9.17, 15) is 4.79 Å². The van der Waals surface area contributed by atoms with Crippen molar-refractivity contribution in [2.45, 2.75) is 51.0 Å². The summed E-state index contributed by atoms with van der Waals surface area (Å²) in [6.07, 6.45) is 7.37. The third kappa shape index (κ3) is 2.51. The summed E-state index contributed by atoms with van der Waals surface area (Å²) in [6.45, 7) is 3.88. The minimum atomic E-state index is -0.293. The van der Waals surface area contributed by atoms with E-state index in [2.05, 4.69) is 10.6 Å². The van der Waals surface area contributed by atoms with Gasteiger partial charge in [0.05, 0.1) is 5.54 Å². The monoisotopic (exact) mass is 210 g/mol. The molecule has 0 aromatic heterocycles. The van der Waals surface area contributed by atoms with Crippen molar-refractivity contribution in [3.05, 3.63) is 0 Å². The Labute approximate surface area is 92.0 Å². The first-order valence-corrected chi connectivity index (χ1v) is 6.24. The van der Waals surface area contributed by atoms with Crippen LogP contribution in [0.5, 0.6) is 0 Å². The summed E-state index contributed by atoms with van der Waals surface area (Å²) in [5.41, 5.74) is -0.293. The molecular weight excluding hydrogens is 188 g/mol. The van der Waals surface area contributed by atoms with Crippen LogP contribution < -0.4 is 10.6 Å². The molecule has 0 spiro atoms. The van der Waals surface area contributed by atoms with Crippen molar-refractivity contribution in [3.63, 3.8) is 0 Å². The van der Waals surface area contributed by atoms with Gasteiger partial charge in [-0.05, 0) is 45.1 Å². The minimum absolute atomic E-state index is 0.201. The quantitative estimate of drug-likeness (QED) is 0.740. The van der Waals surface area contributed by atoms with Gasteiger partial charge in [0.1, 0.15) is 0 Å². The van der Waals surface area contributed by atoms with Crippen LogP contribution in [0.1, 0.15) is 45.4 Å². The third-order valence-corrected chi connectivity index (χ3v) is 3.90. The van der Waals surface area contributed by atoms with Gasteiger partial charge in [0.2, 0.25) is 5.91 Å². The highest BCUT2D eigenvalue weighted by molar-refractivity contribution is 5.86. The van der Waals surface area contributed by atoms with Crippen LogP contribution in [0.3, 0.4) is 0 Å². The number of carbonyl (C=O) groups is 1. The van der Waals surface area contributed by atoms with Crippen LogP contribution in [0, 0.1) is 5.92 Å². The summed E-state index contributed by atoms with van der Waals surface area (Å²) in [4.78, 5) is 12.0. The lowest BCUT2D eigenvalue weighted by molar-refractivity contribution is -0.126. The molecule has 0 aromatic carbocycles. The lowest BCUT2D eigenvalue weighted by Gasteiger charge is -2.24. The van der Waals surface area contributed by atoms with E-state index >= 15 is 0 Å². The highest BCUT2D eigenvalue weighted by Gasteiger charge is 2.35. The largest absolute Gasteiger partial charge is 0.354 e. The summed E-state index contributed by atoms with van der Waals surface area (Å²) in [5.74, 6) is 0.936. The van der Waals surface area contributed by atoms with E-state index in [4.69, 9.17) is 0 Å². The highest BCUT2D eigenvalue weighted by Crippen LogP contribution is 2.24. The van der Waals surface area contributed by atoms with Crippen LogP contribution in [0.4, 0.5) is 0 Å². The van der Waals surface area contributed by atoms with E-state index < -0.39 is 0 Å². The maximum absolute atomic E-state index is 12.0. The molecule has 1 saturated heterocycles. The zero-order chi connectivity index (χ0) is 10.7. The van der Waals surface area contributed by atoms with Crippen molar-refractivity contribution in [1.29, 1.82) is 0 Å². The molecule has 0 aromatic rings. The van der Waals surface area contributed by atoms with Gasteiger partial charge in [0.15, 0.2) is 0 Å². The van der Waals surface area contributed by atoms with E-state index in [0.717, 1.165) is 31.8 Å². The van der Waals surface area contributed by atoms with Gasteiger partial charge < -0.3 is 10.6 Å². The fraction of sp³-hybridized carbons (Fsp3) is 0.917. The van der Waals surface area contributed by atoms with Crippen LogP contribution in [-0.4, -0.2) is 24.5 Å². The first kappa shape index (κ1) is 10.9. The van der Waals surface area contributed by atoms with Crippen molar-refractivity contribution in [2.24, 2.45) is 5.92 Å². The summed E-state index contributed by atoms with van der Waals surface area (Å²) < 4.78 is 0. The van der Waals surface area contributed by atoms with Crippen LogP contribution in [0.2, 0.25) is 0 Å². The van der Waals surface area contributed by atoms with E-state index in [1.807, 2.05) is 6.92 Å². The number of nitrogens with one attached hydrogen (secondary N) is 2. The van der Waals surface area contributed by atoms with Crippen LogP contribution in [-0.2, 0) is 4.79 Å². The molecule has 3 heteroatoms. The van der Waals surface area contributed by atoms with E-state index in [1.165, 1.54) is 25.7 Å². The standard InChI is InChI=1S/C12H22N2O/c1-12(7-4-8-14-12)11(15)13-9-10-5-2-3-6-10/h10,14H,2-9H2,1H3,(H,13,15). The summed E-state index contributed by atoms with van der Waals surface area (Å²) in [7, 11) is 0. The van der Waals surface area contributed by atoms with Gasteiger partial charge in [-0.3, -0.25) is 4.79 Å². The Balaban J connectivity index is 1.76. The Morgan fingerprint density at radius 1 is 1.40 bits per heavy atom. The Morgan fingerprint density at radius 2 is 2.13 bits per heavy atom. The first-order chi connectivity index (χ1) is 7.21. The van der Waals surface area contributed by atoms with Gasteiger partial charge in [-0.1, -0.05) is 12.8 Å². The molecule has 1 unspecified atom stereocenters. The normalized spacial score (nSPS) is 32.1. The van der Waals surface area contributed by atoms with Crippen molar-refractivity contribution in [2.75, 3.05) is 13.1 Å². The van der Waals surface area contributed by atoms with Crippen molar-refractivity contribution in [1.82, 2.24) is 10.6 Å². The Morgan fingerprint density at radius 3 is 2.73 bits per heavy atom. The molecule has 1 saturated carbocycles. The van der Waals surface area contributed by atoms with Crippen molar-refractivity contribution >= 4 is 5.91 Å². The molecule has 1 amide bonds. The maximum Gasteiger partial charge on any atom is 0.240 e. The van der Waals surface area contributed by atoms with Gasteiger partial charge in [0, 0.05) is 6.54 Å². The molecule has 2 aliphatic rings. The zero-order valence-corrected chi connectivity index (χ0v) is 9.64. The molecule has 2 rings (SSSR count). The molecule has 1 aliphatic heterocycles. The van der Waals surface area contributed by atoms with Crippen LogP contribution in [0.25, 0.3) is 0 Å². The molecule has 1 heterocycles. The second-order valence-electron chi connectivity index (χ2n) is 5.22. The molecule has 15 heavy (non-hydrogen) atoms. The molecule has 0 radical (unpaired) electrons. The molecular formula is C12H22N2O. The van der Waals surface area contributed by atoms with Gasteiger partial charge in [-0.25, -0.2) is 0 Å². The predicted octanol–water partition coefficient (Wildman–Crippen LogP) is 1.43. The number of rotatable bonds is 3. The fourth-order valence-electron chi connectivity index (χ4n) is 2.74. The number of hydrogen-bond donors (Lipinski definition) is 2. The van der Waals surface area contributed by atoms with Gasteiger partial charge >= 0.3 is 0 Å². The average molecular weight is 210 g/mol. The predicted molar refractivity (Wildman–Crippen MR) is 60.6 cm³/mol. The average Bonchev–Trinajstić information content (AvgIpc) is 2.85. The van der Waals surface area contributed by atoms with Gasteiger partial charge in [-0.2, -0.15) is 0 Å². The van der Waals surface area contributed by atoms with E-state index in [-0.39, 0.29) is 11.4 Å². The molecule has 1 aliphatic carbocycles. The van der Waals surface area contributed by atoms with Crippen LogP contribution in [0.15, 0.2) is 0 Å². The van der Waals surface area contributed by atoms with E-state index in [1.54, 1.807) is 0 Å². The minimum Gasteiger partial charge on any atom is -0.354 e. The topological polar surface area (TPSA) is 41.1 Å². The second kappa shape index (κ2) is 4.52. The third-order valence-electron chi connectivity index (χ3n) is 3.90. The second-order valence-corrected chi connectivity index (χ2v) is 5.22. The number of carbonyl (C=O) groups excluding carboxylic acids is 1. The Kier molecular flexibility index (Phi) is 3.29. The summed E-state index contributed by atoms with van der Waals surface area (Å²) >= 11 is 0. The smallest absolute Gasteiger partial charge is 0.240 e. The zero-order valence-electron chi connectivity index (χ0n) is 9.64. The van der Waals surface area contributed by atoms with E-state index in [0.29, 0.717) is 0 Å². The van der Waals surface area contributed by atoms with Crippen molar-refractivity contribution < 1.29 is 4.79 Å². The summed E-state index contributed by atoms with van der Waals surface area (Å²) in [6, 6.07) is 0. The summed E-state index contributed by atoms with van der Waals surface area (Å²) in [5, 5.41) is 6.40. The molecule has 0 bridgehead atoms. The lowest BCUT2D eigenvalue weighted by atomic mass is 9.99. The maximum atomic E-state index is 12.0. The number of amides is 1. The van der Waals surface area contributed by atoms with Crippen LogP contribution >= 0.6 is 0 Å². The SMILES string of the molecule is CC1(C(=O)NCC2CCCC2)CCCN1. The molecule has 3 nitrogen and oxygen atoms in total. The molecule has 2 fully saturated rings. The lowest BCUT2D eigenvalue weighted by Crippen LogP contribution is -2.51. The molecule has 2 N–H and O–H groups in total. The van der Waals surface area contributed by atoms with Crippen molar-refractivity contribution in [3.8, 4) is 0 Å². The number of hydrogen-bond acceptors (Lipinski definition) is 2. The molecule has 1 atom stereocenters. The fourth-order valence-corrected chi connectivity index (χ4v) is 2.74. The van der Waals surface area contributed by atoms with Gasteiger partial charge in [0.25, 0.3) is 0 Å². The van der Waals surface area contributed by atoms with Gasteiger partial charge in [-0.15, -0.1) is 0 Å². The first-order valence-electron chi connectivity index (χ1n) is 6.24. The Bertz CT molecular complexity index is 228. The Hall–Kier alpha value is -0.570.